The van der Waals surface area contributed by atoms with Crippen LogP contribution in [0.15, 0.2) is 23.2 Å². The topological polar surface area (TPSA) is 65.0 Å². The highest BCUT2D eigenvalue weighted by Gasteiger charge is 2.27. The maximum Gasteiger partial charge on any atom is 0.214 e. The molecule has 0 atom stereocenters. The summed E-state index contributed by atoms with van der Waals surface area (Å²) in [5.74, 6) is 0.971. The maximum atomic E-state index is 11.8. The van der Waals surface area contributed by atoms with Crippen molar-refractivity contribution in [1.82, 2.24) is 14.5 Å². The lowest BCUT2D eigenvalue weighted by molar-refractivity contribution is 0.445. The van der Waals surface area contributed by atoms with E-state index in [1.165, 1.54) is 4.31 Å². The van der Waals surface area contributed by atoms with Crippen LogP contribution in [-0.4, -0.2) is 62.6 Å². The number of sulfonamides is 1. The number of nitrogens with one attached hydrogen (secondary N) is 1. The van der Waals surface area contributed by atoms with E-state index < -0.39 is 10.0 Å². The molecule has 0 bridgehead atoms. The molecule has 6 nitrogen and oxygen atoms in total. The molecular weight excluding hydrogens is 510 g/mol. The number of nitrogens with zero attached hydrogens (tertiary/aromatic N) is 3. The van der Waals surface area contributed by atoms with Gasteiger partial charge in [-0.05, 0) is 31.0 Å². The predicted molar refractivity (Wildman–Crippen MR) is 119 cm³/mol. The van der Waals surface area contributed by atoms with E-state index in [0.717, 1.165) is 18.1 Å². The van der Waals surface area contributed by atoms with Crippen LogP contribution in [0.25, 0.3) is 0 Å². The van der Waals surface area contributed by atoms with E-state index in [4.69, 9.17) is 23.2 Å². The Morgan fingerprint density at radius 3 is 2.65 bits per heavy atom. The van der Waals surface area contributed by atoms with Crippen molar-refractivity contribution in [3.8, 4) is 0 Å². The largest absolute Gasteiger partial charge is 0.357 e. The molecule has 1 aromatic carbocycles. The van der Waals surface area contributed by atoms with Gasteiger partial charge in [-0.3, -0.25) is 4.99 Å². The Kier molecular flexibility index (Phi) is 9.95. The van der Waals surface area contributed by atoms with Gasteiger partial charge in [0, 0.05) is 33.2 Å². The van der Waals surface area contributed by atoms with Crippen LogP contribution in [0.2, 0.25) is 10.0 Å². The molecule has 0 unspecified atom stereocenters. The number of benzene rings is 1. The number of aliphatic imine (C=N–C) groups is 1. The molecule has 1 aliphatic heterocycles. The van der Waals surface area contributed by atoms with Crippen molar-refractivity contribution in [2.24, 2.45) is 4.99 Å². The van der Waals surface area contributed by atoms with Crippen molar-refractivity contribution >= 4 is 63.2 Å². The molecule has 10 heteroatoms. The van der Waals surface area contributed by atoms with Gasteiger partial charge in [-0.2, -0.15) is 0 Å². The van der Waals surface area contributed by atoms with Crippen LogP contribution < -0.4 is 5.32 Å². The highest BCUT2D eigenvalue weighted by atomic mass is 127. The van der Waals surface area contributed by atoms with Gasteiger partial charge in [-0.1, -0.05) is 29.3 Å². The van der Waals surface area contributed by atoms with Crippen LogP contribution in [0, 0.1) is 0 Å². The lowest BCUT2D eigenvalue weighted by atomic mass is 10.2. The third-order valence-electron chi connectivity index (χ3n) is 3.91. The molecule has 1 heterocycles. The van der Waals surface area contributed by atoms with Gasteiger partial charge < -0.3 is 10.2 Å². The zero-order chi connectivity index (χ0) is 18.4. The van der Waals surface area contributed by atoms with Crippen molar-refractivity contribution in [2.45, 2.75) is 19.9 Å². The molecule has 1 aromatic rings. The molecule has 0 aliphatic carbocycles. The summed E-state index contributed by atoms with van der Waals surface area (Å²) in [4.78, 5) is 6.52. The maximum absolute atomic E-state index is 11.8. The van der Waals surface area contributed by atoms with E-state index >= 15 is 0 Å². The lowest BCUT2D eigenvalue weighted by Crippen LogP contribution is -2.39. The fourth-order valence-corrected chi connectivity index (χ4v) is 4.51. The minimum absolute atomic E-state index is 0. The van der Waals surface area contributed by atoms with E-state index in [1.54, 1.807) is 6.07 Å². The van der Waals surface area contributed by atoms with Crippen LogP contribution in [0.1, 0.15) is 18.9 Å². The fraction of sp³-hybridized carbons (Fsp3) is 0.562. The van der Waals surface area contributed by atoms with E-state index in [2.05, 4.69) is 10.3 Å². The average molecular weight is 535 g/mol. The molecule has 1 aliphatic rings. The Balaban J connectivity index is 0.00000338. The first-order valence-corrected chi connectivity index (χ1v) is 10.6. The molecular formula is C16H25Cl2IN4O2S. The van der Waals surface area contributed by atoms with Gasteiger partial charge in [0.25, 0.3) is 0 Å². The quantitative estimate of drug-likeness (QED) is 0.346. The Morgan fingerprint density at radius 2 is 2.08 bits per heavy atom. The van der Waals surface area contributed by atoms with Crippen molar-refractivity contribution in [2.75, 3.05) is 39.0 Å². The summed E-state index contributed by atoms with van der Waals surface area (Å²) < 4.78 is 25.2. The average Bonchev–Trinajstić information content (AvgIpc) is 2.88. The van der Waals surface area contributed by atoms with Crippen molar-refractivity contribution < 1.29 is 8.42 Å². The Hall–Kier alpha value is -0.290. The first-order chi connectivity index (χ1) is 11.8. The van der Waals surface area contributed by atoms with E-state index in [1.807, 2.05) is 31.0 Å². The lowest BCUT2D eigenvalue weighted by Gasteiger charge is -2.23. The molecule has 2 rings (SSSR count). The number of guanidine groups is 1. The summed E-state index contributed by atoms with van der Waals surface area (Å²) in [6.07, 6.45) is 0.698. The number of halogens is 3. The van der Waals surface area contributed by atoms with Gasteiger partial charge >= 0.3 is 0 Å². The van der Waals surface area contributed by atoms with Gasteiger partial charge in [0.15, 0.2) is 5.96 Å². The summed E-state index contributed by atoms with van der Waals surface area (Å²) in [5.41, 5.74) is 1.02. The molecule has 0 aromatic heterocycles. The molecule has 1 saturated heterocycles. The van der Waals surface area contributed by atoms with Gasteiger partial charge in [0.2, 0.25) is 10.0 Å². The smallest absolute Gasteiger partial charge is 0.214 e. The molecule has 1 N–H and O–H groups in total. The molecule has 1 fully saturated rings. The summed E-state index contributed by atoms with van der Waals surface area (Å²) >= 11 is 12.0. The van der Waals surface area contributed by atoms with Gasteiger partial charge in [-0.25, -0.2) is 12.7 Å². The summed E-state index contributed by atoms with van der Waals surface area (Å²) in [6.45, 7) is 4.77. The summed E-state index contributed by atoms with van der Waals surface area (Å²) in [7, 11) is -1.14. The molecule has 0 amide bonds. The van der Waals surface area contributed by atoms with Crippen LogP contribution in [0.5, 0.6) is 0 Å². The zero-order valence-corrected chi connectivity index (χ0v) is 19.6. The van der Waals surface area contributed by atoms with Crippen molar-refractivity contribution in [3.63, 3.8) is 0 Å². The fourth-order valence-electron chi connectivity index (χ4n) is 2.67. The van der Waals surface area contributed by atoms with Crippen LogP contribution in [0.3, 0.4) is 0 Å². The number of hydrogen-bond acceptors (Lipinski definition) is 3. The van der Waals surface area contributed by atoms with Crippen molar-refractivity contribution in [1.29, 1.82) is 0 Å². The van der Waals surface area contributed by atoms with Gasteiger partial charge in [0.1, 0.15) is 0 Å². The monoisotopic (exact) mass is 534 g/mol. The molecule has 0 radical (unpaired) electrons. The molecule has 26 heavy (non-hydrogen) atoms. The zero-order valence-electron chi connectivity index (χ0n) is 14.9. The van der Waals surface area contributed by atoms with Gasteiger partial charge in [0.05, 0.1) is 22.3 Å². The second-order valence-corrected chi connectivity index (χ2v) is 8.81. The standard InChI is InChI=1S/C16H24Cl2N4O2S.HI/c1-3-19-16(20-7-9-22-8-4-10-25(22,23)24)21(2)12-13-5-6-14(17)15(18)11-13;/h5-6,11H,3-4,7-10,12H2,1-2H3,(H,19,20);1H. The van der Waals surface area contributed by atoms with Gasteiger partial charge in [-0.15, -0.1) is 24.0 Å². The Bertz CT molecular complexity index is 731. The van der Waals surface area contributed by atoms with Crippen molar-refractivity contribution in [3.05, 3.63) is 33.8 Å². The minimum Gasteiger partial charge on any atom is -0.357 e. The highest BCUT2D eigenvalue weighted by molar-refractivity contribution is 14.0. The van der Waals surface area contributed by atoms with Crippen LogP contribution in [-0.2, 0) is 16.6 Å². The second kappa shape index (κ2) is 10.9. The van der Waals surface area contributed by atoms with E-state index in [9.17, 15) is 8.42 Å². The summed E-state index contributed by atoms with van der Waals surface area (Å²) in [6, 6.07) is 5.53. The SMILES string of the molecule is CCNC(=NCCN1CCCS1(=O)=O)N(C)Cc1ccc(Cl)c(Cl)c1.I. The summed E-state index contributed by atoms with van der Waals surface area (Å²) in [5, 5.41) is 4.27. The normalized spacial score (nSPS) is 17.0. The molecule has 148 valence electrons. The minimum atomic E-state index is -3.07. The van der Waals surface area contributed by atoms with Crippen LogP contribution in [0.4, 0.5) is 0 Å². The third-order valence-corrected chi connectivity index (χ3v) is 6.61. The molecule has 0 saturated carbocycles. The Labute approximate surface area is 183 Å². The highest BCUT2D eigenvalue weighted by Crippen LogP contribution is 2.23. The first kappa shape index (κ1) is 23.7. The van der Waals surface area contributed by atoms with Crippen LogP contribution >= 0.6 is 47.2 Å². The third kappa shape index (κ3) is 6.70. The predicted octanol–water partition coefficient (Wildman–Crippen LogP) is 3.04. The number of hydrogen-bond donors (Lipinski definition) is 1. The Morgan fingerprint density at radius 1 is 1.35 bits per heavy atom. The second-order valence-electron chi connectivity index (χ2n) is 5.91. The van der Waals surface area contributed by atoms with E-state index in [0.29, 0.717) is 42.6 Å². The first-order valence-electron chi connectivity index (χ1n) is 8.24. The number of rotatable bonds is 6. The molecule has 0 spiro atoms. The van der Waals surface area contributed by atoms with E-state index in [-0.39, 0.29) is 29.7 Å².